The van der Waals surface area contributed by atoms with Crippen molar-refractivity contribution in [3.05, 3.63) is 24.2 Å². The molecule has 1 atom stereocenters. The molecule has 0 radical (unpaired) electrons. The number of hydrogen-bond acceptors (Lipinski definition) is 5. The maximum absolute atomic E-state index is 10.6. The first-order valence-corrected chi connectivity index (χ1v) is 3.45. The summed E-state index contributed by atoms with van der Waals surface area (Å²) in [6, 6.07) is 4.89. The van der Waals surface area contributed by atoms with Crippen LogP contribution in [0, 0.1) is 11.3 Å². The first-order chi connectivity index (χ1) is 6.27. The van der Waals surface area contributed by atoms with E-state index < -0.39 is 12.3 Å². The van der Waals surface area contributed by atoms with Gasteiger partial charge in [0.1, 0.15) is 6.07 Å². The number of furan rings is 1. The molecule has 0 saturated heterocycles. The lowest BCUT2D eigenvalue weighted by molar-refractivity contribution is 0.0479. The fraction of sp³-hybridized carbons (Fsp3) is 0.250. The van der Waals surface area contributed by atoms with Gasteiger partial charge in [0.05, 0.1) is 13.4 Å². The number of carbonyl (C=O) groups is 1. The van der Waals surface area contributed by atoms with Crippen molar-refractivity contribution in [2.45, 2.75) is 6.10 Å². The maximum atomic E-state index is 10.6. The molecular formula is C8H7NO4. The Labute approximate surface area is 74.5 Å². The Morgan fingerprint density at radius 3 is 3.00 bits per heavy atom. The van der Waals surface area contributed by atoms with Crippen LogP contribution in [-0.4, -0.2) is 13.3 Å². The van der Waals surface area contributed by atoms with Crippen molar-refractivity contribution in [1.82, 2.24) is 0 Å². The van der Waals surface area contributed by atoms with E-state index in [1.54, 1.807) is 12.1 Å². The lowest BCUT2D eigenvalue weighted by Crippen LogP contribution is -2.09. The van der Waals surface area contributed by atoms with E-state index >= 15 is 0 Å². The van der Waals surface area contributed by atoms with Gasteiger partial charge in [0, 0.05) is 0 Å². The van der Waals surface area contributed by atoms with E-state index in [1.807, 2.05) is 0 Å². The topological polar surface area (TPSA) is 72.5 Å². The van der Waals surface area contributed by atoms with Crippen LogP contribution in [0.25, 0.3) is 0 Å². The first kappa shape index (κ1) is 9.13. The van der Waals surface area contributed by atoms with Gasteiger partial charge in [-0.15, -0.1) is 0 Å². The summed E-state index contributed by atoms with van der Waals surface area (Å²) in [6.45, 7) is 0. The molecule has 1 aromatic heterocycles. The van der Waals surface area contributed by atoms with Crippen LogP contribution in [-0.2, 0) is 9.47 Å². The number of hydrogen-bond donors (Lipinski definition) is 0. The molecule has 0 amide bonds. The second-order valence-corrected chi connectivity index (χ2v) is 2.10. The van der Waals surface area contributed by atoms with Crippen LogP contribution in [0.4, 0.5) is 4.79 Å². The van der Waals surface area contributed by atoms with Crippen molar-refractivity contribution < 1.29 is 18.7 Å². The molecule has 1 rings (SSSR count). The summed E-state index contributed by atoms with van der Waals surface area (Å²) >= 11 is 0. The third-order valence-electron chi connectivity index (χ3n) is 1.30. The Bertz CT molecular complexity index is 311. The van der Waals surface area contributed by atoms with Crippen LogP contribution in [0.1, 0.15) is 11.9 Å². The minimum atomic E-state index is -1.05. The van der Waals surface area contributed by atoms with Gasteiger partial charge in [0.2, 0.25) is 6.10 Å². The average molecular weight is 181 g/mol. The van der Waals surface area contributed by atoms with Gasteiger partial charge in [0.15, 0.2) is 5.76 Å². The molecule has 5 heteroatoms. The lowest BCUT2D eigenvalue weighted by Gasteiger charge is -2.05. The number of rotatable bonds is 2. The maximum Gasteiger partial charge on any atom is 0.509 e. The van der Waals surface area contributed by atoms with Gasteiger partial charge in [-0.25, -0.2) is 4.79 Å². The third-order valence-corrected chi connectivity index (χ3v) is 1.30. The third kappa shape index (κ3) is 2.24. The number of nitriles is 1. The van der Waals surface area contributed by atoms with Crippen molar-refractivity contribution in [3.63, 3.8) is 0 Å². The van der Waals surface area contributed by atoms with Crippen LogP contribution in [0.15, 0.2) is 22.8 Å². The van der Waals surface area contributed by atoms with Gasteiger partial charge in [0.25, 0.3) is 0 Å². The molecule has 0 saturated carbocycles. The molecule has 0 aliphatic rings. The van der Waals surface area contributed by atoms with Crippen molar-refractivity contribution in [3.8, 4) is 6.07 Å². The first-order valence-electron chi connectivity index (χ1n) is 3.45. The average Bonchev–Trinajstić information content (AvgIpc) is 2.66. The highest BCUT2D eigenvalue weighted by molar-refractivity contribution is 5.60. The Kier molecular flexibility index (Phi) is 2.92. The minimum Gasteiger partial charge on any atom is -0.464 e. The standard InChI is InChI=1S/C8H7NO4/c1-11-8(10)13-7(5-9)6-3-2-4-12-6/h2-4,7H,1H3/t7-/m1/s1. The van der Waals surface area contributed by atoms with Gasteiger partial charge in [-0.1, -0.05) is 0 Å². The fourth-order valence-corrected chi connectivity index (χ4v) is 0.733. The zero-order valence-corrected chi connectivity index (χ0v) is 6.89. The number of ether oxygens (including phenoxy) is 2. The predicted octanol–water partition coefficient (Wildman–Crippen LogP) is 1.63. The van der Waals surface area contributed by atoms with Crippen molar-refractivity contribution in [2.75, 3.05) is 7.11 Å². The highest BCUT2D eigenvalue weighted by atomic mass is 16.7. The van der Waals surface area contributed by atoms with Crippen molar-refractivity contribution >= 4 is 6.16 Å². The molecule has 0 bridgehead atoms. The summed E-state index contributed by atoms with van der Waals surface area (Å²) in [5, 5.41) is 8.60. The second kappa shape index (κ2) is 4.16. The molecular weight excluding hydrogens is 174 g/mol. The number of nitrogens with zero attached hydrogens (tertiary/aromatic N) is 1. The molecule has 5 nitrogen and oxygen atoms in total. The summed E-state index contributed by atoms with van der Waals surface area (Å²) in [4.78, 5) is 10.6. The summed E-state index contributed by atoms with van der Waals surface area (Å²) in [7, 11) is 1.17. The molecule has 13 heavy (non-hydrogen) atoms. The fourth-order valence-electron chi connectivity index (χ4n) is 0.733. The molecule has 0 N–H and O–H groups in total. The van der Waals surface area contributed by atoms with E-state index in [1.165, 1.54) is 19.4 Å². The molecule has 1 aromatic rings. The van der Waals surface area contributed by atoms with Crippen molar-refractivity contribution in [2.24, 2.45) is 0 Å². The molecule has 0 aromatic carbocycles. The van der Waals surface area contributed by atoms with Crippen LogP contribution in [0.3, 0.4) is 0 Å². The predicted molar refractivity (Wildman–Crippen MR) is 40.6 cm³/mol. The minimum absolute atomic E-state index is 0.271. The monoisotopic (exact) mass is 181 g/mol. The molecule has 68 valence electrons. The Balaban J connectivity index is 2.66. The van der Waals surface area contributed by atoms with Gasteiger partial charge in [-0.05, 0) is 12.1 Å². The Hall–Kier alpha value is -1.96. The Morgan fingerprint density at radius 2 is 2.54 bits per heavy atom. The van der Waals surface area contributed by atoms with E-state index in [-0.39, 0.29) is 5.76 Å². The van der Waals surface area contributed by atoms with Crippen LogP contribution in [0.2, 0.25) is 0 Å². The van der Waals surface area contributed by atoms with E-state index in [0.29, 0.717) is 0 Å². The SMILES string of the molecule is COC(=O)O[C@H](C#N)c1ccco1. The summed E-state index contributed by atoms with van der Waals surface area (Å²) in [5.74, 6) is 0.271. The highest BCUT2D eigenvalue weighted by Crippen LogP contribution is 2.16. The molecule has 1 heterocycles. The van der Waals surface area contributed by atoms with E-state index in [2.05, 4.69) is 9.47 Å². The summed E-state index contributed by atoms with van der Waals surface area (Å²) < 4.78 is 13.7. The van der Waals surface area contributed by atoms with Gasteiger partial charge >= 0.3 is 6.16 Å². The molecule has 0 fully saturated rings. The lowest BCUT2D eigenvalue weighted by atomic mass is 10.3. The normalized spacial score (nSPS) is 11.4. The van der Waals surface area contributed by atoms with E-state index in [9.17, 15) is 4.79 Å². The number of methoxy groups -OCH3 is 1. The van der Waals surface area contributed by atoms with E-state index in [4.69, 9.17) is 9.68 Å². The number of carbonyl (C=O) groups excluding carboxylic acids is 1. The molecule has 0 aliphatic heterocycles. The highest BCUT2D eigenvalue weighted by Gasteiger charge is 2.18. The Morgan fingerprint density at radius 1 is 1.77 bits per heavy atom. The van der Waals surface area contributed by atoms with Gasteiger partial charge < -0.3 is 13.9 Å². The van der Waals surface area contributed by atoms with Crippen LogP contribution >= 0.6 is 0 Å². The zero-order valence-electron chi connectivity index (χ0n) is 6.89. The smallest absolute Gasteiger partial charge is 0.464 e. The molecule has 0 aliphatic carbocycles. The zero-order chi connectivity index (χ0) is 9.68. The van der Waals surface area contributed by atoms with Crippen molar-refractivity contribution in [1.29, 1.82) is 5.26 Å². The molecule has 0 unspecified atom stereocenters. The second-order valence-electron chi connectivity index (χ2n) is 2.10. The van der Waals surface area contributed by atoms with E-state index in [0.717, 1.165) is 0 Å². The van der Waals surface area contributed by atoms with Gasteiger partial charge in [-0.3, -0.25) is 0 Å². The quantitative estimate of drug-likeness (QED) is 0.648. The largest absolute Gasteiger partial charge is 0.509 e. The van der Waals surface area contributed by atoms with Crippen LogP contribution in [0.5, 0.6) is 0 Å². The van der Waals surface area contributed by atoms with Crippen LogP contribution < -0.4 is 0 Å². The van der Waals surface area contributed by atoms with Gasteiger partial charge in [-0.2, -0.15) is 5.26 Å². The molecule has 0 spiro atoms. The summed E-state index contributed by atoms with van der Waals surface area (Å²) in [5.41, 5.74) is 0. The summed E-state index contributed by atoms with van der Waals surface area (Å²) in [6.07, 6.45) is -0.578.